The molecule has 1 aromatic heterocycles. The highest BCUT2D eigenvalue weighted by atomic mass is 16.5. The van der Waals surface area contributed by atoms with Crippen molar-refractivity contribution in [2.45, 2.75) is 33.1 Å². The Morgan fingerprint density at radius 2 is 1.80 bits per heavy atom. The molecule has 1 N–H and O–H groups in total. The number of aryl methyl sites for hydroxylation is 1. The van der Waals surface area contributed by atoms with Gasteiger partial charge in [0.2, 0.25) is 5.91 Å². The number of ether oxygens (including phenoxy) is 2. The number of aromatic nitrogens is 2. The van der Waals surface area contributed by atoms with Gasteiger partial charge in [0.1, 0.15) is 18.1 Å². The molecule has 8 heteroatoms. The van der Waals surface area contributed by atoms with Gasteiger partial charge in [0.15, 0.2) is 0 Å². The number of benzene rings is 2. The van der Waals surface area contributed by atoms with Gasteiger partial charge in [0.05, 0.1) is 30.7 Å². The molecule has 0 aliphatic heterocycles. The third-order valence-electron chi connectivity index (χ3n) is 5.52. The second-order valence-corrected chi connectivity index (χ2v) is 9.38. The third kappa shape index (κ3) is 6.48. The first-order valence-corrected chi connectivity index (χ1v) is 11.5. The van der Waals surface area contributed by atoms with E-state index >= 15 is 0 Å². The van der Waals surface area contributed by atoms with E-state index in [-0.39, 0.29) is 30.3 Å². The smallest absolute Gasteiger partial charge is 0.258 e. The van der Waals surface area contributed by atoms with Crippen molar-refractivity contribution in [1.29, 1.82) is 0 Å². The molecule has 0 radical (unpaired) electrons. The molecule has 0 saturated carbocycles. The van der Waals surface area contributed by atoms with E-state index in [4.69, 9.17) is 14.6 Å². The number of hydrogen-bond donors (Lipinski definition) is 1. The van der Waals surface area contributed by atoms with Crippen LogP contribution in [-0.4, -0.2) is 60.4 Å². The zero-order valence-corrected chi connectivity index (χ0v) is 21.3. The first kappa shape index (κ1) is 26.0. The van der Waals surface area contributed by atoms with Gasteiger partial charge in [0, 0.05) is 25.1 Å². The standard InChI is InChI=1S/C27H34N4O4/c1-19-10-9-11-20(16-19)31-24(17-23(29-31)27(2,3)4)28-25(32)18-30(14-15-34-5)26(33)21-12-7-8-13-22(21)35-6/h7-13,16-17H,14-15,18H2,1-6H3,(H,28,32). The minimum Gasteiger partial charge on any atom is -0.496 e. The van der Waals surface area contributed by atoms with Crippen LogP contribution < -0.4 is 10.1 Å². The maximum absolute atomic E-state index is 13.3. The largest absolute Gasteiger partial charge is 0.496 e. The summed E-state index contributed by atoms with van der Waals surface area (Å²) in [6, 6.07) is 16.7. The molecule has 1 heterocycles. The van der Waals surface area contributed by atoms with Crippen LogP contribution >= 0.6 is 0 Å². The molecule has 0 bridgehead atoms. The van der Waals surface area contributed by atoms with Crippen LogP contribution in [0.1, 0.15) is 42.4 Å². The van der Waals surface area contributed by atoms with Gasteiger partial charge in [0.25, 0.3) is 5.91 Å². The van der Waals surface area contributed by atoms with Crippen molar-refractivity contribution in [2.24, 2.45) is 0 Å². The topological polar surface area (TPSA) is 85.7 Å². The summed E-state index contributed by atoms with van der Waals surface area (Å²) >= 11 is 0. The number of methoxy groups -OCH3 is 2. The summed E-state index contributed by atoms with van der Waals surface area (Å²) in [6.45, 7) is 8.62. The van der Waals surface area contributed by atoms with E-state index in [0.29, 0.717) is 23.7 Å². The molecule has 0 saturated heterocycles. The molecule has 3 rings (SSSR count). The van der Waals surface area contributed by atoms with Crippen LogP contribution in [0, 0.1) is 6.92 Å². The Bertz CT molecular complexity index is 1180. The number of hydrogen-bond acceptors (Lipinski definition) is 5. The molecule has 35 heavy (non-hydrogen) atoms. The molecule has 3 aromatic rings. The zero-order chi connectivity index (χ0) is 25.6. The highest BCUT2D eigenvalue weighted by Crippen LogP contribution is 2.27. The quantitative estimate of drug-likeness (QED) is 0.498. The molecular formula is C27H34N4O4. The fraction of sp³-hybridized carbons (Fsp3) is 0.370. The van der Waals surface area contributed by atoms with Crippen molar-refractivity contribution in [3.05, 3.63) is 71.4 Å². The van der Waals surface area contributed by atoms with Gasteiger partial charge in [-0.3, -0.25) is 9.59 Å². The second kappa shape index (κ2) is 11.2. The Morgan fingerprint density at radius 3 is 2.46 bits per heavy atom. The van der Waals surface area contributed by atoms with E-state index in [0.717, 1.165) is 16.9 Å². The minimum absolute atomic E-state index is 0.149. The minimum atomic E-state index is -0.335. The van der Waals surface area contributed by atoms with Crippen LogP contribution in [-0.2, 0) is 14.9 Å². The molecule has 0 fully saturated rings. The SMILES string of the molecule is COCCN(CC(=O)Nc1cc(C(C)(C)C)nn1-c1cccc(C)c1)C(=O)c1ccccc1OC. The lowest BCUT2D eigenvalue weighted by molar-refractivity contribution is -0.117. The third-order valence-corrected chi connectivity index (χ3v) is 5.52. The Labute approximate surface area is 206 Å². The number of nitrogens with one attached hydrogen (secondary N) is 1. The number of para-hydroxylation sites is 1. The van der Waals surface area contributed by atoms with Crippen molar-refractivity contribution >= 4 is 17.6 Å². The van der Waals surface area contributed by atoms with Gasteiger partial charge in [-0.15, -0.1) is 0 Å². The number of carbonyl (C=O) groups is 2. The van der Waals surface area contributed by atoms with E-state index in [1.165, 1.54) is 12.0 Å². The highest BCUT2D eigenvalue weighted by Gasteiger charge is 2.24. The summed E-state index contributed by atoms with van der Waals surface area (Å²) < 4.78 is 12.2. The molecule has 0 aliphatic rings. The molecule has 2 amide bonds. The molecule has 2 aromatic carbocycles. The van der Waals surface area contributed by atoms with E-state index in [2.05, 4.69) is 26.1 Å². The first-order chi connectivity index (χ1) is 16.6. The normalized spacial score (nSPS) is 11.3. The first-order valence-electron chi connectivity index (χ1n) is 11.5. The average Bonchev–Trinajstić information content (AvgIpc) is 3.25. The summed E-state index contributed by atoms with van der Waals surface area (Å²) in [5.41, 5.74) is 2.95. The Hall–Kier alpha value is -3.65. The van der Waals surface area contributed by atoms with Crippen LogP contribution in [0.3, 0.4) is 0 Å². The van der Waals surface area contributed by atoms with Crippen molar-refractivity contribution < 1.29 is 19.1 Å². The lowest BCUT2D eigenvalue weighted by atomic mass is 9.92. The fourth-order valence-corrected chi connectivity index (χ4v) is 3.59. The second-order valence-electron chi connectivity index (χ2n) is 9.38. The highest BCUT2D eigenvalue weighted by molar-refractivity contribution is 6.00. The van der Waals surface area contributed by atoms with Crippen LogP contribution in [0.15, 0.2) is 54.6 Å². The van der Waals surface area contributed by atoms with Crippen LogP contribution in [0.4, 0.5) is 5.82 Å². The monoisotopic (exact) mass is 478 g/mol. The summed E-state index contributed by atoms with van der Waals surface area (Å²) in [7, 11) is 3.07. The van der Waals surface area contributed by atoms with Gasteiger partial charge in [-0.1, -0.05) is 45.0 Å². The molecule has 8 nitrogen and oxygen atoms in total. The molecule has 186 valence electrons. The summed E-state index contributed by atoms with van der Waals surface area (Å²) in [6.07, 6.45) is 0. The van der Waals surface area contributed by atoms with E-state index in [1.807, 2.05) is 37.3 Å². The Morgan fingerprint density at radius 1 is 1.06 bits per heavy atom. The van der Waals surface area contributed by atoms with Gasteiger partial charge in [-0.05, 0) is 36.8 Å². The summed E-state index contributed by atoms with van der Waals surface area (Å²) in [5, 5.41) is 7.72. The maximum atomic E-state index is 13.3. The maximum Gasteiger partial charge on any atom is 0.258 e. The average molecular weight is 479 g/mol. The summed E-state index contributed by atoms with van der Waals surface area (Å²) in [5.74, 6) is 0.352. The van der Waals surface area contributed by atoms with Crippen molar-refractivity contribution in [1.82, 2.24) is 14.7 Å². The summed E-state index contributed by atoms with van der Waals surface area (Å²) in [4.78, 5) is 27.9. The van der Waals surface area contributed by atoms with Gasteiger partial charge in [-0.2, -0.15) is 5.10 Å². The Kier molecular flexibility index (Phi) is 8.30. The zero-order valence-electron chi connectivity index (χ0n) is 21.3. The van der Waals surface area contributed by atoms with Crippen molar-refractivity contribution in [3.8, 4) is 11.4 Å². The number of amides is 2. The van der Waals surface area contributed by atoms with E-state index < -0.39 is 0 Å². The number of anilines is 1. The van der Waals surface area contributed by atoms with Crippen LogP contribution in [0.5, 0.6) is 5.75 Å². The molecule has 0 unspecified atom stereocenters. The fourth-order valence-electron chi connectivity index (χ4n) is 3.59. The Balaban J connectivity index is 1.88. The van der Waals surface area contributed by atoms with Gasteiger partial charge < -0.3 is 19.7 Å². The number of rotatable bonds is 9. The molecule has 0 atom stereocenters. The van der Waals surface area contributed by atoms with Crippen LogP contribution in [0.2, 0.25) is 0 Å². The molecule has 0 spiro atoms. The lowest BCUT2D eigenvalue weighted by Crippen LogP contribution is -2.40. The van der Waals surface area contributed by atoms with Gasteiger partial charge >= 0.3 is 0 Å². The van der Waals surface area contributed by atoms with Crippen LogP contribution in [0.25, 0.3) is 5.69 Å². The van der Waals surface area contributed by atoms with Crippen molar-refractivity contribution in [2.75, 3.05) is 39.2 Å². The van der Waals surface area contributed by atoms with Gasteiger partial charge in [-0.25, -0.2) is 4.68 Å². The number of nitrogens with zero attached hydrogens (tertiary/aromatic N) is 3. The number of carbonyl (C=O) groups excluding carboxylic acids is 2. The molecule has 0 aliphatic carbocycles. The predicted octanol–water partition coefficient (Wildman–Crippen LogP) is 4.21. The molecular weight excluding hydrogens is 444 g/mol. The lowest BCUT2D eigenvalue weighted by Gasteiger charge is -2.23. The van der Waals surface area contributed by atoms with Crippen molar-refractivity contribution in [3.63, 3.8) is 0 Å². The predicted molar refractivity (Wildman–Crippen MR) is 136 cm³/mol. The van der Waals surface area contributed by atoms with E-state index in [1.54, 1.807) is 36.1 Å². The van der Waals surface area contributed by atoms with E-state index in [9.17, 15) is 9.59 Å².